The Balaban J connectivity index is 1.99. The summed E-state index contributed by atoms with van der Waals surface area (Å²) in [5.74, 6) is -0.446. The lowest BCUT2D eigenvalue weighted by molar-refractivity contribution is -0.114. The van der Waals surface area contributed by atoms with Crippen LogP contribution >= 0.6 is 23.2 Å². The second kappa shape index (κ2) is 10.4. The first kappa shape index (κ1) is 24.1. The maximum Gasteiger partial charge on any atom is 0.264 e. The number of carbonyl (C=O) groups excluding carboxylic acids is 1. The van der Waals surface area contributed by atoms with Crippen LogP contribution in [0.3, 0.4) is 0 Å². The van der Waals surface area contributed by atoms with E-state index in [0.717, 1.165) is 34.0 Å². The van der Waals surface area contributed by atoms with Gasteiger partial charge in [0.25, 0.3) is 10.0 Å². The van der Waals surface area contributed by atoms with E-state index < -0.39 is 22.5 Å². The average Bonchev–Trinajstić information content (AvgIpc) is 2.77. The lowest BCUT2D eigenvalue weighted by Crippen LogP contribution is -2.38. The first-order valence-corrected chi connectivity index (χ1v) is 12.4. The molecular weight excluding hydrogens is 467 g/mol. The molecule has 32 heavy (non-hydrogen) atoms. The van der Waals surface area contributed by atoms with Crippen LogP contribution in [-0.2, 0) is 27.7 Å². The molecule has 8 heteroatoms. The van der Waals surface area contributed by atoms with Gasteiger partial charge in [-0.25, -0.2) is 8.42 Å². The number of hydrogen-bond donors (Lipinski definition) is 1. The zero-order chi connectivity index (χ0) is 23.3. The third kappa shape index (κ3) is 5.44. The molecule has 0 aliphatic rings. The first-order chi connectivity index (χ1) is 15.3. The average molecular weight is 491 g/mol. The number of benzene rings is 3. The summed E-state index contributed by atoms with van der Waals surface area (Å²) in [6.07, 6.45) is 1.48. The molecule has 0 spiro atoms. The van der Waals surface area contributed by atoms with Crippen molar-refractivity contribution in [1.29, 1.82) is 0 Å². The van der Waals surface area contributed by atoms with Crippen molar-refractivity contribution in [3.05, 3.63) is 87.9 Å². The highest BCUT2D eigenvalue weighted by molar-refractivity contribution is 7.92. The number of carbonyl (C=O) groups is 1. The molecule has 0 saturated heterocycles. The van der Waals surface area contributed by atoms with Gasteiger partial charge >= 0.3 is 0 Å². The van der Waals surface area contributed by atoms with Gasteiger partial charge in [-0.05, 0) is 66.4 Å². The van der Waals surface area contributed by atoms with Crippen LogP contribution in [0, 0.1) is 0 Å². The van der Waals surface area contributed by atoms with Crippen molar-refractivity contribution in [2.24, 2.45) is 0 Å². The van der Waals surface area contributed by atoms with Crippen molar-refractivity contribution < 1.29 is 13.2 Å². The number of amides is 1. The molecule has 0 saturated carbocycles. The number of nitrogens with zero attached hydrogens (tertiary/aromatic N) is 1. The van der Waals surface area contributed by atoms with Crippen molar-refractivity contribution >= 4 is 50.5 Å². The van der Waals surface area contributed by atoms with Crippen molar-refractivity contribution in [3.8, 4) is 0 Å². The molecule has 0 unspecified atom stereocenters. The normalized spacial score (nSPS) is 11.2. The number of halogens is 2. The molecule has 5 nitrogen and oxygen atoms in total. The predicted molar refractivity (Wildman–Crippen MR) is 131 cm³/mol. The van der Waals surface area contributed by atoms with E-state index in [0.29, 0.717) is 15.7 Å². The number of nitrogens with one attached hydrogen (secondary N) is 1. The minimum atomic E-state index is -4.05. The Labute approximate surface area is 199 Å². The summed E-state index contributed by atoms with van der Waals surface area (Å²) in [7, 11) is -4.05. The summed E-state index contributed by atoms with van der Waals surface area (Å²) in [5.41, 5.74) is 3.01. The Hall–Kier alpha value is -2.54. The molecule has 0 heterocycles. The van der Waals surface area contributed by atoms with Gasteiger partial charge in [0.05, 0.1) is 10.6 Å². The highest BCUT2D eigenvalue weighted by atomic mass is 35.5. The van der Waals surface area contributed by atoms with Gasteiger partial charge in [-0.3, -0.25) is 9.10 Å². The van der Waals surface area contributed by atoms with Crippen molar-refractivity contribution in [2.75, 3.05) is 16.2 Å². The summed E-state index contributed by atoms with van der Waals surface area (Å²) in [5, 5.41) is 3.71. The van der Waals surface area contributed by atoms with Gasteiger partial charge in [-0.2, -0.15) is 0 Å². The second-order valence-electron chi connectivity index (χ2n) is 7.15. The minimum Gasteiger partial charge on any atom is -0.324 e. The molecule has 0 aliphatic heterocycles. The summed E-state index contributed by atoms with van der Waals surface area (Å²) >= 11 is 12.0. The van der Waals surface area contributed by atoms with Gasteiger partial charge in [0.2, 0.25) is 5.91 Å². The Bertz CT molecular complexity index is 1190. The van der Waals surface area contributed by atoms with Crippen LogP contribution in [0.25, 0.3) is 0 Å². The molecule has 3 aromatic rings. The molecule has 1 N–H and O–H groups in total. The summed E-state index contributed by atoms with van der Waals surface area (Å²) in [6, 6.07) is 18.1. The van der Waals surface area contributed by atoms with E-state index in [1.807, 2.05) is 32.0 Å². The van der Waals surface area contributed by atoms with E-state index in [1.54, 1.807) is 18.2 Å². The van der Waals surface area contributed by atoms with Gasteiger partial charge in [0.15, 0.2) is 0 Å². The van der Waals surface area contributed by atoms with E-state index in [4.69, 9.17) is 23.2 Å². The lowest BCUT2D eigenvalue weighted by Gasteiger charge is -2.25. The molecule has 0 aliphatic carbocycles. The van der Waals surface area contributed by atoms with Crippen LogP contribution in [0.1, 0.15) is 25.0 Å². The third-order valence-electron chi connectivity index (χ3n) is 5.05. The number of aryl methyl sites for hydroxylation is 2. The monoisotopic (exact) mass is 490 g/mol. The number of anilines is 2. The molecule has 0 radical (unpaired) electrons. The molecule has 168 valence electrons. The molecule has 0 fully saturated rings. The summed E-state index contributed by atoms with van der Waals surface area (Å²) in [4.78, 5) is 13.1. The molecule has 3 rings (SSSR count). The number of para-hydroxylation sites is 1. The van der Waals surface area contributed by atoms with Gasteiger partial charge in [-0.15, -0.1) is 0 Å². The quantitative estimate of drug-likeness (QED) is 0.423. The molecule has 0 aromatic heterocycles. The Morgan fingerprint density at radius 1 is 0.875 bits per heavy atom. The van der Waals surface area contributed by atoms with Gasteiger partial charge in [0, 0.05) is 15.7 Å². The second-order valence-corrected chi connectivity index (χ2v) is 9.89. The largest absolute Gasteiger partial charge is 0.324 e. The van der Waals surface area contributed by atoms with Gasteiger partial charge < -0.3 is 5.32 Å². The molecular formula is C24H24Cl2N2O3S. The Kier molecular flexibility index (Phi) is 7.82. The first-order valence-electron chi connectivity index (χ1n) is 10.2. The van der Waals surface area contributed by atoms with Crippen molar-refractivity contribution in [3.63, 3.8) is 0 Å². The van der Waals surface area contributed by atoms with Crippen LogP contribution in [0.5, 0.6) is 0 Å². The van der Waals surface area contributed by atoms with E-state index in [1.165, 1.54) is 30.3 Å². The van der Waals surface area contributed by atoms with Crippen LogP contribution in [0.2, 0.25) is 10.0 Å². The van der Waals surface area contributed by atoms with Crippen LogP contribution in [0.15, 0.2) is 71.6 Å². The lowest BCUT2D eigenvalue weighted by atomic mass is 10.0. The summed E-state index contributed by atoms with van der Waals surface area (Å²) < 4.78 is 28.0. The Morgan fingerprint density at radius 3 is 2.03 bits per heavy atom. The topological polar surface area (TPSA) is 66.5 Å². The zero-order valence-electron chi connectivity index (χ0n) is 17.8. The number of sulfonamides is 1. The molecule has 1 amide bonds. The molecule has 3 aromatic carbocycles. The fourth-order valence-electron chi connectivity index (χ4n) is 3.39. The van der Waals surface area contributed by atoms with E-state index >= 15 is 0 Å². The highest BCUT2D eigenvalue weighted by Gasteiger charge is 2.28. The summed E-state index contributed by atoms with van der Waals surface area (Å²) in [6.45, 7) is 3.61. The maximum absolute atomic E-state index is 13.4. The molecule has 0 atom stereocenters. The van der Waals surface area contributed by atoms with Crippen molar-refractivity contribution in [2.45, 2.75) is 31.6 Å². The SMILES string of the molecule is CCc1cccc(CC)c1NC(=O)CN(c1cccc(Cl)c1)S(=O)(=O)c1ccc(Cl)cc1. The predicted octanol–water partition coefficient (Wildman–Crippen LogP) is 5.95. The van der Waals surface area contributed by atoms with E-state index in [9.17, 15) is 13.2 Å². The van der Waals surface area contributed by atoms with Crippen LogP contribution in [0.4, 0.5) is 11.4 Å². The van der Waals surface area contributed by atoms with Gasteiger partial charge in [-0.1, -0.05) is 61.3 Å². The standard InChI is InChI=1S/C24H24Cl2N2O3S/c1-3-17-7-5-8-18(4-2)24(17)27-23(29)16-28(21-10-6-9-20(26)15-21)32(30,31)22-13-11-19(25)12-14-22/h5-15H,3-4,16H2,1-2H3,(H,27,29). The number of hydrogen-bond acceptors (Lipinski definition) is 3. The smallest absolute Gasteiger partial charge is 0.264 e. The number of rotatable bonds is 8. The van der Waals surface area contributed by atoms with Gasteiger partial charge in [0.1, 0.15) is 6.54 Å². The van der Waals surface area contributed by atoms with E-state index in [-0.39, 0.29) is 4.90 Å². The fraction of sp³-hybridized carbons (Fsp3) is 0.208. The van der Waals surface area contributed by atoms with Crippen LogP contribution in [-0.4, -0.2) is 20.9 Å². The highest BCUT2D eigenvalue weighted by Crippen LogP contribution is 2.28. The van der Waals surface area contributed by atoms with Crippen LogP contribution < -0.4 is 9.62 Å². The Morgan fingerprint density at radius 2 is 1.47 bits per heavy atom. The zero-order valence-corrected chi connectivity index (χ0v) is 20.1. The van der Waals surface area contributed by atoms with Crippen molar-refractivity contribution in [1.82, 2.24) is 0 Å². The fourth-order valence-corrected chi connectivity index (χ4v) is 5.12. The molecule has 0 bridgehead atoms. The minimum absolute atomic E-state index is 0.0258. The third-order valence-corrected chi connectivity index (χ3v) is 7.32. The maximum atomic E-state index is 13.4. The van der Waals surface area contributed by atoms with E-state index in [2.05, 4.69) is 5.32 Å².